The van der Waals surface area contributed by atoms with Crippen molar-refractivity contribution < 1.29 is 26.9 Å². The van der Waals surface area contributed by atoms with Gasteiger partial charge >= 0.3 is 0 Å². The molecule has 0 amide bonds. The lowest BCUT2D eigenvalue weighted by Gasteiger charge is -2.24. The Morgan fingerprint density at radius 1 is 1.05 bits per heavy atom. The molecule has 0 radical (unpaired) electrons. The number of para-hydroxylation sites is 1. The van der Waals surface area contributed by atoms with Gasteiger partial charge in [-0.15, -0.1) is 0 Å². The standard InChI is InChI=1S/C29H30ClNO6S/c1-19(2)26(31-22-11-9-20(10-12-22)27(32)7-5-15-38(33,34)35)18-36-23-13-14-24(25(30)17-23)29-16-21-6-3-4-8-28(21)37-29/h3-4,6,8-14,16-17,19,26,31H,5,7,15,18H2,1-2H3,(H,33,34,35)/t26-/m1/s1. The minimum atomic E-state index is -4.06. The van der Waals surface area contributed by atoms with Crippen molar-refractivity contribution in [2.24, 2.45) is 5.92 Å². The Kier molecular flexibility index (Phi) is 8.76. The van der Waals surface area contributed by atoms with Gasteiger partial charge in [-0.2, -0.15) is 8.42 Å². The summed E-state index contributed by atoms with van der Waals surface area (Å²) < 4.78 is 42.5. The highest BCUT2D eigenvalue weighted by Gasteiger charge is 2.16. The number of benzene rings is 3. The van der Waals surface area contributed by atoms with Gasteiger partial charge in [0.1, 0.15) is 23.7 Å². The Bertz CT molecular complexity index is 1480. The van der Waals surface area contributed by atoms with E-state index in [4.69, 9.17) is 25.3 Å². The maximum Gasteiger partial charge on any atom is 0.264 e. The van der Waals surface area contributed by atoms with Crippen LogP contribution in [0, 0.1) is 5.92 Å². The van der Waals surface area contributed by atoms with Gasteiger partial charge < -0.3 is 14.5 Å². The fourth-order valence-electron chi connectivity index (χ4n) is 4.01. The first kappa shape index (κ1) is 27.7. The van der Waals surface area contributed by atoms with Crippen molar-refractivity contribution >= 4 is 44.2 Å². The number of hydrogen-bond acceptors (Lipinski definition) is 6. The molecule has 4 aromatic rings. The summed E-state index contributed by atoms with van der Waals surface area (Å²) in [5, 5.41) is 5.00. The Morgan fingerprint density at radius 3 is 2.45 bits per heavy atom. The predicted octanol–water partition coefficient (Wildman–Crippen LogP) is 7.12. The van der Waals surface area contributed by atoms with Crippen molar-refractivity contribution in [3.8, 4) is 17.1 Å². The second-order valence-corrected chi connectivity index (χ2v) is 11.5. The van der Waals surface area contributed by atoms with Gasteiger partial charge in [0.05, 0.1) is 16.8 Å². The molecule has 3 aromatic carbocycles. The Balaban J connectivity index is 1.35. The molecule has 4 rings (SSSR count). The molecule has 0 fully saturated rings. The fourth-order valence-corrected chi connectivity index (χ4v) is 4.79. The quantitative estimate of drug-likeness (QED) is 0.141. The molecule has 2 N–H and O–H groups in total. The van der Waals surface area contributed by atoms with E-state index >= 15 is 0 Å². The summed E-state index contributed by atoms with van der Waals surface area (Å²) in [6.45, 7) is 4.58. The van der Waals surface area contributed by atoms with Crippen LogP contribution in [-0.4, -0.2) is 37.2 Å². The molecule has 38 heavy (non-hydrogen) atoms. The van der Waals surface area contributed by atoms with Crippen LogP contribution in [0.3, 0.4) is 0 Å². The summed E-state index contributed by atoms with van der Waals surface area (Å²) in [4.78, 5) is 12.3. The van der Waals surface area contributed by atoms with Crippen LogP contribution >= 0.6 is 11.6 Å². The van der Waals surface area contributed by atoms with Gasteiger partial charge in [-0.05, 0) is 66.9 Å². The zero-order valence-electron chi connectivity index (χ0n) is 21.2. The molecule has 9 heteroatoms. The van der Waals surface area contributed by atoms with Crippen molar-refractivity contribution in [3.05, 3.63) is 83.4 Å². The highest BCUT2D eigenvalue weighted by atomic mass is 35.5. The first-order chi connectivity index (χ1) is 18.1. The Morgan fingerprint density at radius 2 is 1.79 bits per heavy atom. The number of furan rings is 1. The largest absolute Gasteiger partial charge is 0.491 e. The van der Waals surface area contributed by atoms with E-state index < -0.39 is 15.9 Å². The lowest BCUT2D eigenvalue weighted by molar-refractivity contribution is 0.0982. The second kappa shape index (κ2) is 12.0. The van der Waals surface area contributed by atoms with E-state index in [0.29, 0.717) is 28.7 Å². The number of nitrogens with one attached hydrogen (secondary N) is 1. The molecule has 1 atom stereocenters. The van der Waals surface area contributed by atoms with E-state index in [1.165, 1.54) is 0 Å². The lowest BCUT2D eigenvalue weighted by Crippen LogP contribution is -2.32. The van der Waals surface area contributed by atoms with Crippen molar-refractivity contribution in [1.29, 1.82) is 0 Å². The molecule has 0 bridgehead atoms. The zero-order valence-corrected chi connectivity index (χ0v) is 22.8. The molecule has 0 aliphatic carbocycles. The van der Waals surface area contributed by atoms with Gasteiger partial charge in [-0.3, -0.25) is 9.35 Å². The summed E-state index contributed by atoms with van der Waals surface area (Å²) >= 11 is 6.57. The van der Waals surface area contributed by atoms with Crippen LogP contribution in [0.1, 0.15) is 37.0 Å². The van der Waals surface area contributed by atoms with E-state index in [2.05, 4.69) is 19.2 Å². The van der Waals surface area contributed by atoms with Crippen molar-refractivity contribution in [2.45, 2.75) is 32.7 Å². The van der Waals surface area contributed by atoms with E-state index in [0.717, 1.165) is 22.2 Å². The number of carbonyl (C=O) groups is 1. The number of carbonyl (C=O) groups excluding carboxylic acids is 1. The SMILES string of the molecule is CC(C)[C@@H](COc1ccc(-c2cc3ccccc3o2)c(Cl)c1)Nc1ccc(C(=O)CCCS(=O)(=O)O)cc1. The number of halogens is 1. The van der Waals surface area contributed by atoms with Crippen LogP contribution < -0.4 is 10.1 Å². The van der Waals surface area contributed by atoms with Crippen LogP contribution in [0.2, 0.25) is 5.02 Å². The average Bonchev–Trinajstić information content (AvgIpc) is 3.30. The van der Waals surface area contributed by atoms with Crippen molar-refractivity contribution in [1.82, 2.24) is 0 Å². The van der Waals surface area contributed by atoms with Crippen LogP contribution in [0.4, 0.5) is 5.69 Å². The molecule has 0 saturated carbocycles. The van der Waals surface area contributed by atoms with Crippen LogP contribution in [-0.2, 0) is 10.1 Å². The summed E-state index contributed by atoms with van der Waals surface area (Å²) in [6, 6.07) is 22.3. The summed E-state index contributed by atoms with van der Waals surface area (Å²) in [5.41, 5.74) is 2.92. The first-order valence-electron chi connectivity index (χ1n) is 12.4. The van der Waals surface area contributed by atoms with Crippen molar-refractivity contribution in [2.75, 3.05) is 17.7 Å². The molecule has 0 aliphatic heterocycles. The van der Waals surface area contributed by atoms with Gasteiger partial charge in [0.25, 0.3) is 10.1 Å². The third-order valence-electron chi connectivity index (χ3n) is 6.23. The maximum atomic E-state index is 12.3. The molecular weight excluding hydrogens is 526 g/mol. The van der Waals surface area contributed by atoms with Gasteiger partial charge in [0.15, 0.2) is 5.78 Å². The van der Waals surface area contributed by atoms with Crippen LogP contribution in [0.15, 0.2) is 77.2 Å². The Labute approximate surface area is 227 Å². The molecule has 0 unspecified atom stereocenters. The summed E-state index contributed by atoms with van der Waals surface area (Å²) in [7, 11) is -4.06. The van der Waals surface area contributed by atoms with Gasteiger partial charge in [-0.1, -0.05) is 43.6 Å². The average molecular weight is 556 g/mol. The molecule has 1 heterocycles. The molecule has 7 nitrogen and oxygen atoms in total. The fraction of sp³-hybridized carbons (Fsp3) is 0.276. The van der Waals surface area contributed by atoms with E-state index in [9.17, 15) is 13.2 Å². The minimum Gasteiger partial charge on any atom is -0.491 e. The minimum absolute atomic E-state index is 0.0138. The predicted molar refractivity (Wildman–Crippen MR) is 151 cm³/mol. The number of hydrogen-bond donors (Lipinski definition) is 2. The smallest absolute Gasteiger partial charge is 0.264 e. The third kappa shape index (κ3) is 7.37. The summed E-state index contributed by atoms with van der Waals surface area (Å²) in [6.07, 6.45) is 0.125. The molecule has 0 saturated heterocycles. The number of Topliss-reactive ketones (excluding diaryl/α,β-unsaturated/α-hetero) is 1. The van der Waals surface area contributed by atoms with Gasteiger partial charge in [-0.25, -0.2) is 0 Å². The highest BCUT2D eigenvalue weighted by molar-refractivity contribution is 7.85. The molecule has 0 spiro atoms. The number of rotatable bonds is 12. The van der Waals surface area contributed by atoms with Crippen LogP contribution in [0.5, 0.6) is 5.75 Å². The normalized spacial score (nSPS) is 12.6. The number of anilines is 1. The van der Waals surface area contributed by atoms with Crippen molar-refractivity contribution in [3.63, 3.8) is 0 Å². The number of fused-ring (bicyclic) bond motifs is 1. The first-order valence-corrected chi connectivity index (χ1v) is 14.3. The van der Waals surface area contributed by atoms with E-state index in [1.807, 2.05) is 54.6 Å². The molecule has 200 valence electrons. The third-order valence-corrected chi connectivity index (χ3v) is 7.35. The highest BCUT2D eigenvalue weighted by Crippen LogP contribution is 2.34. The number of ketones is 1. The van der Waals surface area contributed by atoms with Gasteiger partial charge in [0, 0.05) is 28.6 Å². The number of ether oxygens (including phenoxy) is 1. The van der Waals surface area contributed by atoms with Gasteiger partial charge in [0.2, 0.25) is 0 Å². The summed E-state index contributed by atoms with van der Waals surface area (Å²) in [5.74, 6) is 0.995. The van der Waals surface area contributed by atoms with E-state index in [-0.39, 0.29) is 30.6 Å². The monoisotopic (exact) mass is 555 g/mol. The molecule has 0 aliphatic rings. The second-order valence-electron chi connectivity index (χ2n) is 9.49. The maximum absolute atomic E-state index is 12.3. The molecular formula is C29H30ClNO6S. The zero-order chi connectivity index (χ0) is 27.3. The lowest BCUT2D eigenvalue weighted by atomic mass is 10.0. The van der Waals surface area contributed by atoms with Crippen LogP contribution in [0.25, 0.3) is 22.3 Å². The topological polar surface area (TPSA) is 106 Å². The Hall–Kier alpha value is -3.33. The van der Waals surface area contributed by atoms with E-state index in [1.54, 1.807) is 18.2 Å². The molecule has 1 aromatic heterocycles.